The molecule has 0 bridgehead atoms. The summed E-state index contributed by atoms with van der Waals surface area (Å²) in [5, 5.41) is 3.49. The lowest BCUT2D eigenvalue weighted by atomic mass is 10.3. The third kappa shape index (κ3) is 1.31. The molecule has 0 atom stereocenters. The summed E-state index contributed by atoms with van der Waals surface area (Å²) in [5.74, 6) is 0.812. The van der Waals surface area contributed by atoms with E-state index < -0.39 is 0 Å². The van der Waals surface area contributed by atoms with Crippen LogP contribution in [-0.2, 0) is 0 Å². The van der Waals surface area contributed by atoms with Crippen LogP contribution in [0.3, 0.4) is 0 Å². The number of ether oxygens (including phenoxy) is 1. The van der Waals surface area contributed by atoms with E-state index in [1.54, 1.807) is 19.2 Å². The largest absolute Gasteiger partial charge is 0.497 e. The summed E-state index contributed by atoms with van der Waals surface area (Å²) >= 11 is 0. The van der Waals surface area contributed by atoms with E-state index >= 15 is 0 Å². The van der Waals surface area contributed by atoms with Crippen LogP contribution in [0, 0.1) is 0 Å². The number of benzene rings is 1. The van der Waals surface area contributed by atoms with Gasteiger partial charge in [-0.2, -0.15) is 5.53 Å². The Hall–Kier alpha value is -1.38. The van der Waals surface area contributed by atoms with Gasteiger partial charge in [0.2, 0.25) is 0 Å². The molecule has 0 unspecified atom stereocenters. The van der Waals surface area contributed by atoms with Crippen molar-refractivity contribution in [2.24, 2.45) is 5.11 Å². The zero-order valence-electron chi connectivity index (χ0n) is 5.74. The van der Waals surface area contributed by atoms with Crippen LogP contribution in [0.2, 0.25) is 0 Å². The number of rotatable bonds is 2. The van der Waals surface area contributed by atoms with E-state index in [1.165, 1.54) is 0 Å². The zero-order chi connectivity index (χ0) is 7.40. The first-order valence-electron chi connectivity index (χ1n) is 2.92. The van der Waals surface area contributed by atoms with Crippen molar-refractivity contribution in [2.45, 2.75) is 0 Å². The third-order valence-corrected chi connectivity index (χ3v) is 1.22. The van der Waals surface area contributed by atoms with Gasteiger partial charge in [-0.15, -0.1) is 0 Å². The van der Waals surface area contributed by atoms with Crippen molar-refractivity contribution in [3.63, 3.8) is 0 Å². The van der Waals surface area contributed by atoms with Crippen LogP contribution in [0.4, 0.5) is 5.69 Å². The van der Waals surface area contributed by atoms with E-state index in [0.717, 1.165) is 11.4 Å². The topological polar surface area (TPSA) is 47.2 Å². The van der Waals surface area contributed by atoms with Crippen molar-refractivity contribution in [2.75, 3.05) is 7.11 Å². The molecule has 0 heterocycles. The Morgan fingerprint density at radius 1 is 1.30 bits per heavy atom. The lowest BCUT2D eigenvalue weighted by Gasteiger charge is -1.95. The molecule has 0 fully saturated rings. The van der Waals surface area contributed by atoms with Gasteiger partial charge in [-0.05, 0) is 29.4 Å². The molecule has 1 aromatic rings. The second-order valence-corrected chi connectivity index (χ2v) is 1.83. The predicted molar refractivity (Wildman–Crippen MR) is 37.0 cm³/mol. The van der Waals surface area contributed by atoms with E-state index in [4.69, 9.17) is 10.3 Å². The number of nitrogens with two attached hydrogens (primary N) is 1. The summed E-state index contributed by atoms with van der Waals surface area (Å²) in [5.41, 5.74) is 5.78. The molecule has 2 N–H and O–H groups in total. The fourth-order valence-corrected chi connectivity index (χ4v) is 0.668. The van der Waals surface area contributed by atoms with E-state index in [2.05, 4.69) is 5.11 Å². The highest BCUT2D eigenvalue weighted by molar-refractivity contribution is 5.39. The Balaban J connectivity index is 2.90. The van der Waals surface area contributed by atoms with Crippen molar-refractivity contribution in [3.8, 4) is 5.75 Å². The van der Waals surface area contributed by atoms with Crippen LogP contribution < -0.4 is 10.3 Å². The summed E-state index contributed by atoms with van der Waals surface area (Å²) in [6.45, 7) is 0. The first-order chi connectivity index (χ1) is 4.86. The second kappa shape index (κ2) is 2.96. The van der Waals surface area contributed by atoms with Crippen molar-refractivity contribution >= 4 is 5.69 Å². The number of nitrogens with zero attached hydrogens (tertiary/aromatic N) is 1. The third-order valence-electron chi connectivity index (χ3n) is 1.22. The van der Waals surface area contributed by atoms with Crippen LogP contribution in [0.1, 0.15) is 0 Å². The molecule has 0 amide bonds. The Kier molecular flexibility index (Phi) is 1.99. The van der Waals surface area contributed by atoms with Gasteiger partial charge in [-0.25, -0.2) is 0 Å². The molecule has 1 aromatic carbocycles. The van der Waals surface area contributed by atoms with Gasteiger partial charge >= 0.3 is 0 Å². The maximum Gasteiger partial charge on any atom is 0.130 e. The molecule has 0 aromatic heterocycles. The molecular weight excluding hydrogens is 128 g/mol. The van der Waals surface area contributed by atoms with Gasteiger partial charge < -0.3 is 4.74 Å². The monoisotopic (exact) mass is 137 g/mol. The summed E-state index contributed by atoms with van der Waals surface area (Å²) in [6.07, 6.45) is 0. The minimum atomic E-state index is 0.751. The van der Waals surface area contributed by atoms with Crippen LogP contribution >= 0.6 is 0 Å². The number of methoxy groups -OCH3 is 1. The van der Waals surface area contributed by atoms with Crippen LogP contribution in [-0.4, -0.2) is 7.11 Å². The Morgan fingerprint density at radius 3 is 2.30 bits per heavy atom. The molecule has 3 heteroatoms. The summed E-state index contributed by atoms with van der Waals surface area (Å²) in [7, 11) is 1.62. The van der Waals surface area contributed by atoms with Crippen LogP contribution in [0.15, 0.2) is 29.4 Å². The molecule has 0 aliphatic carbocycles. The van der Waals surface area contributed by atoms with Gasteiger partial charge in [0, 0.05) is 0 Å². The highest BCUT2D eigenvalue weighted by atomic mass is 16.5. The SMILES string of the molecule is COc1ccc(N=[NH2+])cc1. The zero-order valence-corrected chi connectivity index (χ0v) is 5.74. The minimum Gasteiger partial charge on any atom is -0.497 e. The molecule has 52 valence electrons. The molecule has 0 aliphatic heterocycles. The Bertz CT molecular complexity index is 218. The first-order valence-corrected chi connectivity index (χ1v) is 2.92. The van der Waals surface area contributed by atoms with Crippen molar-refractivity contribution in [1.82, 2.24) is 0 Å². The van der Waals surface area contributed by atoms with E-state index in [0.29, 0.717) is 0 Å². The lowest BCUT2D eigenvalue weighted by Crippen LogP contribution is -2.21. The quantitative estimate of drug-likeness (QED) is 0.594. The van der Waals surface area contributed by atoms with Crippen LogP contribution in [0.25, 0.3) is 0 Å². The van der Waals surface area contributed by atoms with E-state index in [-0.39, 0.29) is 0 Å². The van der Waals surface area contributed by atoms with Crippen molar-refractivity contribution in [3.05, 3.63) is 24.3 Å². The molecule has 0 saturated heterocycles. The van der Waals surface area contributed by atoms with Gasteiger partial charge in [0.25, 0.3) is 0 Å². The van der Waals surface area contributed by atoms with Gasteiger partial charge in [-0.3, -0.25) is 0 Å². The molecule has 0 radical (unpaired) electrons. The maximum absolute atomic E-state index is 5.03. The second-order valence-electron chi connectivity index (χ2n) is 1.83. The fraction of sp³-hybridized carbons (Fsp3) is 0.143. The average molecular weight is 137 g/mol. The highest BCUT2D eigenvalue weighted by Gasteiger charge is 1.91. The Labute approximate surface area is 59.1 Å². The lowest BCUT2D eigenvalue weighted by molar-refractivity contribution is -0.210. The number of hydrogen-bond donors (Lipinski definition) is 1. The minimum absolute atomic E-state index is 0.751. The normalized spacial score (nSPS) is 8.90. The first kappa shape index (κ1) is 6.74. The van der Waals surface area contributed by atoms with E-state index in [1.807, 2.05) is 12.1 Å². The molecule has 3 nitrogen and oxygen atoms in total. The van der Waals surface area contributed by atoms with Crippen molar-refractivity contribution in [1.29, 1.82) is 0 Å². The summed E-state index contributed by atoms with van der Waals surface area (Å²) in [6, 6.07) is 7.20. The van der Waals surface area contributed by atoms with Gasteiger partial charge in [0.05, 0.1) is 7.11 Å². The molecule has 0 saturated carbocycles. The fourth-order valence-electron chi connectivity index (χ4n) is 0.668. The van der Waals surface area contributed by atoms with Gasteiger partial charge in [0.15, 0.2) is 0 Å². The van der Waals surface area contributed by atoms with E-state index in [9.17, 15) is 0 Å². The molecule has 0 aliphatic rings. The molecule has 0 spiro atoms. The standard InChI is InChI=1S/C7H8N2O/c1-10-7-4-2-6(9-8)3-5-7/h2-5,8H,1H3/p+1. The van der Waals surface area contributed by atoms with Gasteiger partial charge in [-0.1, -0.05) is 0 Å². The predicted octanol–water partition coefficient (Wildman–Crippen LogP) is 0.538. The highest BCUT2D eigenvalue weighted by Crippen LogP contribution is 2.15. The smallest absolute Gasteiger partial charge is 0.130 e. The summed E-state index contributed by atoms with van der Waals surface area (Å²) in [4.78, 5) is 0. The molecule has 1 rings (SSSR count). The maximum atomic E-state index is 5.03. The van der Waals surface area contributed by atoms with Crippen LogP contribution in [0.5, 0.6) is 5.75 Å². The number of hydrogen-bond acceptors (Lipinski definition) is 2. The average Bonchev–Trinajstić information content (AvgIpc) is 2.05. The Morgan fingerprint density at radius 2 is 1.90 bits per heavy atom. The van der Waals surface area contributed by atoms with Gasteiger partial charge in [0.1, 0.15) is 11.4 Å². The molecule has 10 heavy (non-hydrogen) atoms. The van der Waals surface area contributed by atoms with Crippen molar-refractivity contribution < 1.29 is 10.3 Å². The molecular formula is C7H9N2O+. The summed E-state index contributed by atoms with van der Waals surface area (Å²) < 4.78 is 4.93.